The third-order valence-electron chi connectivity index (χ3n) is 4.23. The van der Waals surface area contributed by atoms with Crippen LogP contribution in [0.2, 0.25) is 5.02 Å². The molecule has 138 valence electrons. The van der Waals surface area contributed by atoms with Crippen molar-refractivity contribution in [3.05, 3.63) is 58.4 Å². The van der Waals surface area contributed by atoms with Crippen molar-refractivity contribution in [3.63, 3.8) is 0 Å². The smallest absolute Gasteiger partial charge is 0.393 e. The van der Waals surface area contributed by atoms with Gasteiger partial charge in [-0.05, 0) is 31.9 Å². The number of amides is 1. The number of H-pyrrole nitrogens is 1. The molecule has 4 rings (SSSR count). The van der Waals surface area contributed by atoms with Crippen LogP contribution >= 0.6 is 11.6 Å². The molecular formula is C19H16ClN3O4. The first kappa shape index (κ1) is 17.4. The van der Waals surface area contributed by atoms with Gasteiger partial charge in [-0.3, -0.25) is 4.79 Å². The van der Waals surface area contributed by atoms with E-state index in [0.29, 0.717) is 27.6 Å². The van der Waals surface area contributed by atoms with Crippen molar-refractivity contribution < 1.29 is 18.8 Å². The Labute approximate surface area is 159 Å². The highest BCUT2D eigenvalue weighted by molar-refractivity contribution is 6.30. The van der Waals surface area contributed by atoms with Crippen LogP contribution in [0, 0.1) is 6.92 Å². The fourth-order valence-electron chi connectivity index (χ4n) is 2.68. The number of nitrogens with zero attached hydrogens (tertiary/aromatic N) is 1. The summed E-state index contributed by atoms with van der Waals surface area (Å²) >= 11 is 5.92. The van der Waals surface area contributed by atoms with E-state index >= 15 is 0 Å². The average molecular weight is 386 g/mol. The molecule has 2 aromatic heterocycles. The molecular weight excluding hydrogens is 370 g/mol. The van der Waals surface area contributed by atoms with Crippen LogP contribution in [0.25, 0.3) is 11.3 Å². The molecule has 0 radical (unpaired) electrons. The summed E-state index contributed by atoms with van der Waals surface area (Å²) in [7, 11) is 0. The molecule has 2 heterocycles. The van der Waals surface area contributed by atoms with Gasteiger partial charge < -0.3 is 19.6 Å². The molecule has 1 fully saturated rings. The van der Waals surface area contributed by atoms with Crippen molar-refractivity contribution >= 4 is 23.5 Å². The first-order chi connectivity index (χ1) is 13.0. The predicted molar refractivity (Wildman–Crippen MR) is 98.1 cm³/mol. The Morgan fingerprint density at radius 3 is 2.74 bits per heavy atom. The molecule has 0 spiro atoms. The Morgan fingerprint density at radius 1 is 1.30 bits per heavy atom. The van der Waals surface area contributed by atoms with E-state index in [4.69, 9.17) is 20.9 Å². The lowest BCUT2D eigenvalue weighted by atomic mass is 10.00. The number of ether oxygens (including phenoxy) is 1. The van der Waals surface area contributed by atoms with E-state index < -0.39 is 6.09 Å². The van der Waals surface area contributed by atoms with Crippen molar-refractivity contribution in [1.29, 1.82) is 0 Å². The SMILES string of the molecule is Cc1onc(-c2ccc(Cl)cc2)c1C(=O)c1c[nH]c(OC(=O)NC2CC2)c1. The summed E-state index contributed by atoms with van der Waals surface area (Å²) in [6.07, 6.45) is 2.87. The number of carbonyl (C=O) groups is 2. The maximum atomic E-state index is 13.0. The van der Waals surface area contributed by atoms with Crippen LogP contribution in [0.5, 0.6) is 5.88 Å². The van der Waals surface area contributed by atoms with E-state index in [-0.39, 0.29) is 17.7 Å². The van der Waals surface area contributed by atoms with Gasteiger partial charge in [-0.25, -0.2) is 4.79 Å². The molecule has 8 heteroatoms. The number of hydrogen-bond donors (Lipinski definition) is 2. The fourth-order valence-corrected chi connectivity index (χ4v) is 2.80. The summed E-state index contributed by atoms with van der Waals surface area (Å²) < 4.78 is 10.4. The lowest BCUT2D eigenvalue weighted by Gasteiger charge is -2.02. The molecule has 1 saturated carbocycles. The van der Waals surface area contributed by atoms with Gasteiger partial charge in [-0.2, -0.15) is 0 Å². The fraction of sp³-hybridized carbons (Fsp3) is 0.211. The predicted octanol–water partition coefficient (Wildman–Crippen LogP) is 4.11. The van der Waals surface area contributed by atoms with Gasteiger partial charge in [0.15, 0.2) is 0 Å². The van der Waals surface area contributed by atoms with Crippen molar-refractivity contribution in [2.24, 2.45) is 0 Å². The number of aryl methyl sites for hydroxylation is 1. The summed E-state index contributed by atoms with van der Waals surface area (Å²) in [6, 6.07) is 8.64. The van der Waals surface area contributed by atoms with E-state index in [1.54, 1.807) is 31.2 Å². The minimum Gasteiger partial charge on any atom is -0.393 e. The van der Waals surface area contributed by atoms with E-state index in [1.165, 1.54) is 12.3 Å². The normalized spacial score (nSPS) is 13.4. The molecule has 7 nitrogen and oxygen atoms in total. The van der Waals surface area contributed by atoms with Crippen LogP contribution in [-0.4, -0.2) is 28.1 Å². The second-order valence-corrected chi connectivity index (χ2v) is 6.80. The number of hydrogen-bond acceptors (Lipinski definition) is 5. The average Bonchev–Trinajstić information content (AvgIpc) is 3.18. The van der Waals surface area contributed by atoms with E-state index in [1.807, 2.05) is 0 Å². The summed E-state index contributed by atoms with van der Waals surface area (Å²) in [4.78, 5) is 27.5. The molecule has 1 amide bonds. The van der Waals surface area contributed by atoms with Crippen molar-refractivity contribution in [1.82, 2.24) is 15.5 Å². The summed E-state index contributed by atoms with van der Waals surface area (Å²) in [5.41, 5.74) is 1.84. The molecule has 1 aliphatic rings. The highest BCUT2D eigenvalue weighted by atomic mass is 35.5. The van der Waals surface area contributed by atoms with E-state index in [2.05, 4.69) is 15.5 Å². The van der Waals surface area contributed by atoms with Gasteiger partial charge in [0.25, 0.3) is 0 Å². The van der Waals surface area contributed by atoms with Crippen LogP contribution in [0.1, 0.15) is 34.5 Å². The van der Waals surface area contributed by atoms with E-state index in [0.717, 1.165) is 18.4 Å². The van der Waals surface area contributed by atoms with Crippen LogP contribution < -0.4 is 10.1 Å². The topological polar surface area (TPSA) is 97.2 Å². The molecule has 0 bridgehead atoms. The number of carbonyl (C=O) groups excluding carboxylic acids is 2. The number of halogens is 1. The summed E-state index contributed by atoms with van der Waals surface area (Å²) in [6.45, 7) is 1.67. The lowest BCUT2D eigenvalue weighted by Crippen LogP contribution is -2.28. The minimum atomic E-state index is -0.540. The number of rotatable bonds is 5. The molecule has 0 aliphatic heterocycles. The zero-order valence-corrected chi connectivity index (χ0v) is 15.2. The number of aromatic nitrogens is 2. The van der Waals surface area contributed by atoms with Crippen LogP contribution in [0.4, 0.5) is 4.79 Å². The standard InChI is InChI=1S/C19H16ClN3O4/c1-10-16(17(23-27-10)11-2-4-13(20)5-3-11)18(24)12-8-15(21-9-12)26-19(25)22-14-6-7-14/h2-5,8-9,14,21H,6-7H2,1H3,(H,22,25). The maximum absolute atomic E-state index is 13.0. The summed E-state index contributed by atoms with van der Waals surface area (Å²) in [5.74, 6) is 0.311. The number of benzene rings is 1. The summed E-state index contributed by atoms with van der Waals surface area (Å²) in [5, 5.41) is 7.31. The van der Waals surface area contributed by atoms with Crippen LogP contribution in [-0.2, 0) is 0 Å². The number of ketones is 1. The van der Waals surface area contributed by atoms with Gasteiger partial charge in [-0.15, -0.1) is 0 Å². The lowest BCUT2D eigenvalue weighted by molar-refractivity contribution is 0.103. The van der Waals surface area contributed by atoms with Gasteiger partial charge >= 0.3 is 6.09 Å². The van der Waals surface area contributed by atoms with Crippen molar-refractivity contribution in [3.8, 4) is 17.1 Å². The van der Waals surface area contributed by atoms with E-state index in [9.17, 15) is 9.59 Å². The molecule has 2 N–H and O–H groups in total. The largest absolute Gasteiger partial charge is 0.414 e. The van der Waals surface area contributed by atoms with Crippen LogP contribution in [0.3, 0.4) is 0 Å². The zero-order chi connectivity index (χ0) is 19.0. The van der Waals surface area contributed by atoms with Gasteiger partial charge in [0.2, 0.25) is 11.7 Å². The third kappa shape index (κ3) is 3.73. The van der Waals surface area contributed by atoms with Gasteiger partial charge in [0.05, 0.1) is 5.56 Å². The van der Waals surface area contributed by atoms with Crippen LogP contribution in [0.15, 0.2) is 41.1 Å². The Balaban J connectivity index is 1.57. The number of aromatic amines is 1. The number of nitrogens with one attached hydrogen (secondary N) is 2. The Bertz CT molecular complexity index is 1000. The van der Waals surface area contributed by atoms with Gasteiger partial charge in [0, 0.05) is 34.5 Å². The first-order valence-electron chi connectivity index (χ1n) is 8.45. The molecule has 1 aromatic carbocycles. The van der Waals surface area contributed by atoms with Crippen molar-refractivity contribution in [2.45, 2.75) is 25.8 Å². The molecule has 27 heavy (non-hydrogen) atoms. The molecule has 3 aromatic rings. The molecule has 0 atom stereocenters. The minimum absolute atomic E-state index is 0.190. The first-order valence-corrected chi connectivity index (χ1v) is 8.82. The zero-order valence-electron chi connectivity index (χ0n) is 14.4. The van der Waals surface area contributed by atoms with Gasteiger partial charge in [0.1, 0.15) is 11.5 Å². The van der Waals surface area contributed by atoms with Gasteiger partial charge in [-0.1, -0.05) is 28.9 Å². The quantitative estimate of drug-likeness (QED) is 0.644. The maximum Gasteiger partial charge on any atom is 0.414 e. The Hall–Kier alpha value is -3.06. The second kappa shape index (κ2) is 6.92. The highest BCUT2D eigenvalue weighted by Gasteiger charge is 2.26. The Kier molecular flexibility index (Phi) is 4.45. The molecule has 0 unspecified atom stereocenters. The molecule has 1 aliphatic carbocycles. The van der Waals surface area contributed by atoms with Crippen molar-refractivity contribution in [2.75, 3.05) is 0 Å². The monoisotopic (exact) mass is 385 g/mol. The highest BCUT2D eigenvalue weighted by Crippen LogP contribution is 2.29. The Morgan fingerprint density at radius 2 is 2.04 bits per heavy atom. The second-order valence-electron chi connectivity index (χ2n) is 6.36. The third-order valence-corrected chi connectivity index (χ3v) is 4.48. The molecule has 0 saturated heterocycles.